The van der Waals surface area contributed by atoms with Crippen LogP contribution in [0.2, 0.25) is 0 Å². The second-order valence-electron chi connectivity index (χ2n) is 10.2. The van der Waals surface area contributed by atoms with Crippen molar-refractivity contribution in [2.45, 2.75) is 77.1 Å². The van der Waals surface area contributed by atoms with Gasteiger partial charge in [0.25, 0.3) is 0 Å². The maximum atomic E-state index is 13.8. The van der Waals surface area contributed by atoms with Gasteiger partial charge in [-0.1, -0.05) is 26.0 Å². The zero-order chi connectivity index (χ0) is 27.3. The first-order chi connectivity index (χ1) is 18.3. The Bertz CT molecular complexity index is 1110. The smallest absolute Gasteiger partial charge is 0.382 e. The molecule has 9 heteroatoms. The molecule has 0 saturated carbocycles. The van der Waals surface area contributed by atoms with Crippen LogP contribution in [0.25, 0.3) is 5.57 Å². The van der Waals surface area contributed by atoms with Gasteiger partial charge in [-0.25, -0.2) is 9.97 Å². The molecule has 1 aliphatic carbocycles. The summed E-state index contributed by atoms with van der Waals surface area (Å²) in [7, 11) is 3.87. The number of rotatable bonds is 6. The van der Waals surface area contributed by atoms with E-state index < -0.39 is 18.8 Å². The van der Waals surface area contributed by atoms with E-state index in [4.69, 9.17) is 0 Å². The molecule has 1 aromatic carbocycles. The van der Waals surface area contributed by atoms with Crippen LogP contribution < -0.4 is 15.5 Å². The molecule has 38 heavy (non-hydrogen) atoms. The van der Waals surface area contributed by atoms with E-state index in [0.29, 0.717) is 29.8 Å². The normalized spacial score (nSPS) is 20.3. The van der Waals surface area contributed by atoms with Crippen molar-refractivity contribution >= 4 is 22.9 Å². The van der Waals surface area contributed by atoms with Crippen LogP contribution >= 0.6 is 0 Å². The number of benzene rings is 1. The molecule has 1 saturated heterocycles. The van der Waals surface area contributed by atoms with Crippen LogP contribution in [-0.4, -0.2) is 60.8 Å². The van der Waals surface area contributed by atoms with Crippen LogP contribution in [0.5, 0.6) is 0 Å². The molecule has 0 amide bonds. The summed E-state index contributed by atoms with van der Waals surface area (Å²) >= 11 is 0. The van der Waals surface area contributed by atoms with E-state index in [2.05, 4.69) is 38.6 Å². The molecule has 208 valence electrons. The van der Waals surface area contributed by atoms with Crippen molar-refractivity contribution in [2.75, 3.05) is 49.3 Å². The van der Waals surface area contributed by atoms with Crippen LogP contribution in [-0.2, 0) is 6.42 Å². The van der Waals surface area contributed by atoms with E-state index in [0.717, 1.165) is 74.1 Å². The van der Waals surface area contributed by atoms with Gasteiger partial charge in [0, 0.05) is 36.4 Å². The molecule has 2 N–H and O–H groups in total. The van der Waals surface area contributed by atoms with E-state index in [1.165, 1.54) is 4.90 Å². The molecule has 1 aromatic heterocycles. The molecule has 1 fully saturated rings. The Morgan fingerprint density at radius 1 is 1.08 bits per heavy atom. The number of alkyl halides is 3. The predicted octanol–water partition coefficient (Wildman–Crippen LogP) is 6.67. The number of aromatic nitrogens is 2. The van der Waals surface area contributed by atoms with Crippen molar-refractivity contribution in [3.63, 3.8) is 0 Å². The minimum absolute atomic E-state index is 0.322. The lowest BCUT2D eigenvalue weighted by Gasteiger charge is -2.31. The highest BCUT2D eigenvalue weighted by molar-refractivity contribution is 5.72. The first-order valence-corrected chi connectivity index (χ1v) is 14.0. The molecule has 3 aliphatic rings. The predicted molar refractivity (Wildman–Crippen MR) is 150 cm³/mol. The fourth-order valence-corrected chi connectivity index (χ4v) is 5.67. The number of nitrogens with zero attached hydrogens (tertiary/aromatic N) is 4. The van der Waals surface area contributed by atoms with Crippen molar-refractivity contribution in [3.8, 4) is 0 Å². The highest BCUT2D eigenvalue weighted by Gasteiger charge is 2.41. The van der Waals surface area contributed by atoms with Gasteiger partial charge in [-0.15, -0.1) is 0 Å². The average molecular weight is 531 g/mol. The fourth-order valence-electron chi connectivity index (χ4n) is 5.67. The summed E-state index contributed by atoms with van der Waals surface area (Å²) in [5.74, 6) is 0.446. The maximum absolute atomic E-state index is 13.8. The van der Waals surface area contributed by atoms with E-state index in [1.807, 2.05) is 38.1 Å². The third-order valence-corrected chi connectivity index (χ3v) is 7.59. The van der Waals surface area contributed by atoms with Gasteiger partial charge in [-0.3, -0.25) is 0 Å². The summed E-state index contributed by atoms with van der Waals surface area (Å²) in [6.45, 7) is 5.02. The van der Waals surface area contributed by atoms with Gasteiger partial charge >= 0.3 is 6.18 Å². The number of allylic oxidation sites excluding steroid dienone is 2. The molecule has 1 atom stereocenters. The van der Waals surface area contributed by atoms with Crippen molar-refractivity contribution in [1.82, 2.24) is 14.9 Å². The molecule has 3 heterocycles. The van der Waals surface area contributed by atoms with Crippen LogP contribution in [0.1, 0.15) is 75.4 Å². The van der Waals surface area contributed by atoms with Crippen molar-refractivity contribution in [2.24, 2.45) is 0 Å². The van der Waals surface area contributed by atoms with Gasteiger partial charge in [0.15, 0.2) is 0 Å². The number of anilines is 3. The zero-order valence-electron chi connectivity index (χ0n) is 23.0. The number of piperidine rings is 1. The number of hydrogen-bond acceptors (Lipinski definition) is 6. The molecular formula is C29H41F3N6. The van der Waals surface area contributed by atoms with Crippen molar-refractivity contribution < 1.29 is 13.2 Å². The van der Waals surface area contributed by atoms with Gasteiger partial charge in [-0.2, -0.15) is 13.2 Å². The number of halogens is 3. The Hall–Kier alpha value is -2.81. The van der Waals surface area contributed by atoms with E-state index in [9.17, 15) is 13.2 Å². The number of likely N-dealkylation sites (tertiary alicyclic amines) is 1. The lowest BCUT2D eigenvalue weighted by atomic mass is 9.96. The zero-order valence-corrected chi connectivity index (χ0v) is 23.0. The van der Waals surface area contributed by atoms with E-state index in [1.54, 1.807) is 7.05 Å². The van der Waals surface area contributed by atoms with E-state index >= 15 is 0 Å². The largest absolute Gasteiger partial charge is 0.405 e. The van der Waals surface area contributed by atoms with Gasteiger partial charge < -0.3 is 20.4 Å². The summed E-state index contributed by atoms with van der Waals surface area (Å²) in [6.07, 6.45) is 4.58. The monoisotopic (exact) mass is 530 g/mol. The molecule has 6 nitrogen and oxygen atoms in total. The molecule has 0 bridgehead atoms. The topological polar surface area (TPSA) is 56.3 Å². The summed E-state index contributed by atoms with van der Waals surface area (Å²) in [5.41, 5.74) is 5.11. The van der Waals surface area contributed by atoms with Crippen LogP contribution in [0.3, 0.4) is 0 Å². The molecule has 2 aliphatic heterocycles. The van der Waals surface area contributed by atoms with Gasteiger partial charge in [0.1, 0.15) is 6.54 Å². The summed E-state index contributed by atoms with van der Waals surface area (Å²) in [4.78, 5) is 13.1. The Kier molecular flexibility index (Phi) is 9.18. The third kappa shape index (κ3) is 6.60. The Balaban J connectivity index is 0.00000164. The molecule has 1 unspecified atom stereocenters. The van der Waals surface area contributed by atoms with E-state index in [-0.39, 0.29) is 0 Å². The Morgan fingerprint density at radius 3 is 2.50 bits per heavy atom. The van der Waals surface area contributed by atoms with Crippen LogP contribution in [0.4, 0.5) is 30.5 Å². The van der Waals surface area contributed by atoms with Crippen LogP contribution in [0, 0.1) is 0 Å². The number of fused-ring (bicyclic) bond motifs is 1. The lowest BCUT2D eigenvalue weighted by Crippen LogP contribution is -2.36. The number of nitrogens with one attached hydrogen (secondary N) is 2. The van der Waals surface area contributed by atoms with Crippen LogP contribution in [0.15, 0.2) is 30.3 Å². The Labute approximate surface area is 224 Å². The molecule has 0 radical (unpaired) electrons. The van der Waals surface area contributed by atoms with Gasteiger partial charge in [0.2, 0.25) is 5.95 Å². The first kappa shape index (κ1) is 28.2. The first-order valence-electron chi connectivity index (χ1n) is 14.0. The molecule has 2 aromatic rings. The second kappa shape index (κ2) is 12.4. The number of hydrogen-bond donors (Lipinski definition) is 2. The summed E-state index contributed by atoms with van der Waals surface area (Å²) in [5, 5.41) is 6.67. The van der Waals surface area contributed by atoms with Gasteiger partial charge in [-0.05, 0) is 82.4 Å². The highest BCUT2D eigenvalue weighted by Crippen LogP contribution is 2.45. The SMILES string of the molecule is CC.CNc1nc(C2=CCCCC2)cc(C2Cc3c(NC4CCN(C)CC4)cccc3N2CC(F)(F)F)n1. The minimum atomic E-state index is -4.33. The minimum Gasteiger partial charge on any atom is -0.382 e. The lowest BCUT2D eigenvalue weighted by molar-refractivity contribution is -0.120. The standard InChI is InChI=1S/C27H35F3N6.C2H6/c1-31-26-33-22(18-7-4-3-5-8-18)16-23(34-26)25-15-20-21(32-19-11-13-35(2)14-12-19)9-6-10-24(20)36(25)17-27(28,29)30;1-2/h6-7,9-10,16,19,25,32H,3-5,8,11-15,17H2,1-2H3,(H,31,33,34);1-2H3. The quantitative estimate of drug-likeness (QED) is 0.435. The maximum Gasteiger partial charge on any atom is 0.405 e. The highest BCUT2D eigenvalue weighted by atomic mass is 19.4. The molecule has 0 spiro atoms. The average Bonchev–Trinajstić information content (AvgIpc) is 3.29. The third-order valence-electron chi connectivity index (χ3n) is 7.59. The summed E-state index contributed by atoms with van der Waals surface area (Å²) in [6, 6.07) is 7.39. The molecule has 5 rings (SSSR count). The Morgan fingerprint density at radius 2 is 1.84 bits per heavy atom. The molecular weight excluding hydrogens is 489 g/mol. The van der Waals surface area contributed by atoms with Crippen molar-refractivity contribution in [1.29, 1.82) is 0 Å². The fraction of sp³-hybridized carbons (Fsp3) is 0.586. The van der Waals surface area contributed by atoms with Crippen molar-refractivity contribution in [3.05, 3.63) is 47.3 Å². The van der Waals surface area contributed by atoms with Gasteiger partial charge in [0.05, 0.1) is 17.4 Å². The summed E-state index contributed by atoms with van der Waals surface area (Å²) < 4.78 is 41.4. The second-order valence-corrected chi connectivity index (χ2v) is 10.2.